The van der Waals surface area contributed by atoms with E-state index < -0.39 is 0 Å². The number of carbonyl (C=O) groups excluding carboxylic acids is 1. The van der Waals surface area contributed by atoms with Crippen LogP contribution in [0.5, 0.6) is 0 Å². The Morgan fingerprint density at radius 1 is 1.12 bits per heavy atom. The smallest absolute Gasteiger partial charge is 0.275 e. The molecule has 128 valence electrons. The zero-order valence-corrected chi connectivity index (χ0v) is 14.2. The van der Waals surface area contributed by atoms with E-state index in [2.05, 4.69) is 33.6 Å². The maximum Gasteiger partial charge on any atom is 0.275 e. The van der Waals surface area contributed by atoms with Crippen LogP contribution in [0.15, 0.2) is 60.9 Å². The molecule has 0 unspecified atom stereocenters. The molecule has 0 aliphatic rings. The first-order valence-electron chi connectivity index (χ1n) is 8.07. The number of nitriles is 1. The number of hydrogen-bond acceptors (Lipinski definition) is 5. The van der Waals surface area contributed by atoms with Crippen LogP contribution >= 0.6 is 0 Å². The molecule has 2 aromatic carbocycles. The lowest BCUT2D eigenvalue weighted by atomic mass is 10.1. The first-order chi connectivity index (χ1) is 12.7. The van der Waals surface area contributed by atoms with Crippen molar-refractivity contribution < 1.29 is 4.79 Å². The van der Waals surface area contributed by atoms with Gasteiger partial charge in [-0.2, -0.15) is 5.26 Å². The summed E-state index contributed by atoms with van der Waals surface area (Å²) in [5, 5.41) is 14.8. The highest BCUT2D eigenvalue weighted by atomic mass is 16.1. The number of amides is 1. The van der Waals surface area contributed by atoms with Crippen LogP contribution in [0.4, 0.5) is 11.5 Å². The van der Waals surface area contributed by atoms with Gasteiger partial charge in [-0.05, 0) is 36.2 Å². The van der Waals surface area contributed by atoms with E-state index in [0.717, 1.165) is 0 Å². The first-order valence-corrected chi connectivity index (χ1v) is 8.07. The highest BCUT2D eigenvalue weighted by Gasteiger charge is 2.09. The van der Waals surface area contributed by atoms with Crippen LogP contribution in [0, 0.1) is 18.3 Å². The number of aromatic nitrogens is 2. The zero-order chi connectivity index (χ0) is 18.4. The Hall–Kier alpha value is -3.72. The average Bonchev–Trinajstić information content (AvgIpc) is 2.68. The van der Waals surface area contributed by atoms with Gasteiger partial charge >= 0.3 is 0 Å². The number of nitrogens with zero attached hydrogens (tertiary/aromatic N) is 3. The molecular weight excluding hydrogens is 326 g/mol. The molecule has 0 spiro atoms. The Bertz CT molecular complexity index is 960. The minimum Gasteiger partial charge on any atom is -0.365 e. The second-order valence-electron chi connectivity index (χ2n) is 5.71. The third-order valence-electron chi connectivity index (χ3n) is 3.86. The molecule has 0 bridgehead atoms. The Labute approximate surface area is 151 Å². The van der Waals surface area contributed by atoms with Gasteiger partial charge in [-0.25, -0.2) is 9.97 Å². The molecule has 1 heterocycles. The molecule has 0 radical (unpaired) electrons. The summed E-state index contributed by atoms with van der Waals surface area (Å²) in [6.45, 7) is 2.69. The summed E-state index contributed by atoms with van der Waals surface area (Å²) in [5.74, 6) is 0.217. The second kappa shape index (κ2) is 7.90. The summed E-state index contributed by atoms with van der Waals surface area (Å²) >= 11 is 0. The van der Waals surface area contributed by atoms with E-state index in [1.807, 2.05) is 24.3 Å². The Morgan fingerprint density at radius 3 is 2.69 bits per heavy atom. The predicted molar refractivity (Wildman–Crippen MR) is 99.6 cm³/mol. The van der Waals surface area contributed by atoms with Crippen LogP contribution in [0.25, 0.3) is 0 Å². The molecule has 6 nitrogen and oxygen atoms in total. The third-order valence-corrected chi connectivity index (χ3v) is 3.86. The number of carbonyl (C=O) groups is 1. The number of aryl methyl sites for hydroxylation is 1. The maximum absolute atomic E-state index is 12.2. The molecule has 3 aromatic rings. The van der Waals surface area contributed by atoms with Gasteiger partial charge in [0.2, 0.25) is 0 Å². The molecule has 0 saturated heterocycles. The second-order valence-corrected chi connectivity index (χ2v) is 5.71. The third kappa shape index (κ3) is 4.22. The fourth-order valence-electron chi connectivity index (χ4n) is 2.39. The SMILES string of the molecule is Cc1ccccc1CNc1cnc(C(=O)Nc2cccc(C#N)c2)cn1. The van der Waals surface area contributed by atoms with Crippen LogP contribution in [-0.4, -0.2) is 15.9 Å². The molecule has 2 N–H and O–H groups in total. The van der Waals surface area contributed by atoms with Crippen molar-refractivity contribution in [2.45, 2.75) is 13.5 Å². The average molecular weight is 343 g/mol. The Morgan fingerprint density at radius 2 is 1.96 bits per heavy atom. The highest BCUT2D eigenvalue weighted by Crippen LogP contribution is 2.12. The summed E-state index contributed by atoms with van der Waals surface area (Å²) in [4.78, 5) is 20.6. The van der Waals surface area contributed by atoms with Gasteiger partial charge in [0.1, 0.15) is 11.5 Å². The fourth-order valence-corrected chi connectivity index (χ4v) is 2.39. The number of anilines is 2. The van der Waals surface area contributed by atoms with Crippen molar-refractivity contribution in [1.82, 2.24) is 9.97 Å². The normalized spacial score (nSPS) is 10.0. The monoisotopic (exact) mass is 343 g/mol. The van der Waals surface area contributed by atoms with Gasteiger partial charge in [-0.15, -0.1) is 0 Å². The molecule has 0 atom stereocenters. The first kappa shape index (κ1) is 17.1. The lowest BCUT2D eigenvalue weighted by Gasteiger charge is -2.09. The molecule has 3 rings (SSSR count). The molecule has 1 aromatic heterocycles. The zero-order valence-electron chi connectivity index (χ0n) is 14.2. The Kier molecular flexibility index (Phi) is 5.20. The molecule has 0 fully saturated rings. The lowest BCUT2D eigenvalue weighted by molar-refractivity contribution is 0.102. The van der Waals surface area contributed by atoms with Crippen molar-refractivity contribution >= 4 is 17.4 Å². The molecule has 6 heteroatoms. The van der Waals surface area contributed by atoms with Crippen LogP contribution in [0.2, 0.25) is 0 Å². The number of hydrogen-bond donors (Lipinski definition) is 2. The van der Waals surface area contributed by atoms with Crippen molar-refractivity contribution in [2.24, 2.45) is 0 Å². The van der Waals surface area contributed by atoms with E-state index in [-0.39, 0.29) is 11.6 Å². The summed E-state index contributed by atoms with van der Waals surface area (Å²) in [5.41, 5.74) is 3.59. The summed E-state index contributed by atoms with van der Waals surface area (Å²) in [6, 6.07) is 16.8. The number of nitrogens with one attached hydrogen (secondary N) is 2. The quantitative estimate of drug-likeness (QED) is 0.739. The lowest BCUT2D eigenvalue weighted by Crippen LogP contribution is -2.14. The van der Waals surface area contributed by atoms with E-state index in [4.69, 9.17) is 5.26 Å². The maximum atomic E-state index is 12.2. The summed E-state index contributed by atoms with van der Waals surface area (Å²) < 4.78 is 0. The van der Waals surface area contributed by atoms with E-state index in [9.17, 15) is 4.79 Å². The van der Waals surface area contributed by atoms with Crippen molar-refractivity contribution in [2.75, 3.05) is 10.6 Å². The van der Waals surface area contributed by atoms with E-state index >= 15 is 0 Å². The molecule has 1 amide bonds. The molecule has 26 heavy (non-hydrogen) atoms. The van der Waals surface area contributed by atoms with Gasteiger partial charge < -0.3 is 10.6 Å². The minimum atomic E-state index is -0.377. The number of rotatable bonds is 5. The van der Waals surface area contributed by atoms with Crippen molar-refractivity contribution in [1.29, 1.82) is 5.26 Å². The van der Waals surface area contributed by atoms with Gasteiger partial charge in [0.25, 0.3) is 5.91 Å². The van der Waals surface area contributed by atoms with Crippen LogP contribution in [0.1, 0.15) is 27.2 Å². The standard InChI is InChI=1S/C20H17N5O/c1-14-5-2-3-7-16(14)11-23-19-13-22-18(12-24-19)20(26)25-17-8-4-6-15(9-17)10-21/h2-9,12-13H,11H2,1H3,(H,23,24)(H,25,26). The minimum absolute atomic E-state index is 0.203. The topological polar surface area (TPSA) is 90.7 Å². The molecular formula is C20H17N5O. The van der Waals surface area contributed by atoms with Crippen LogP contribution in [0.3, 0.4) is 0 Å². The molecule has 0 saturated carbocycles. The molecule has 0 aliphatic heterocycles. The summed E-state index contributed by atoms with van der Waals surface area (Å²) in [6.07, 6.45) is 2.95. The fraction of sp³-hybridized carbons (Fsp3) is 0.100. The molecule has 0 aliphatic carbocycles. The summed E-state index contributed by atoms with van der Waals surface area (Å²) in [7, 11) is 0. The van der Waals surface area contributed by atoms with E-state index in [1.54, 1.807) is 24.3 Å². The van der Waals surface area contributed by atoms with Gasteiger partial charge in [0.05, 0.1) is 24.0 Å². The van der Waals surface area contributed by atoms with Gasteiger partial charge in [0.15, 0.2) is 0 Å². The Balaban J connectivity index is 1.62. The largest absolute Gasteiger partial charge is 0.365 e. The predicted octanol–water partition coefficient (Wildman–Crippen LogP) is 3.52. The van der Waals surface area contributed by atoms with Crippen LogP contribution in [-0.2, 0) is 6.54 Å². The van der Waals surface area contributed by atoms with Gasteiger partial charge in [0, 0.05) is 12.2 Å². The van der Waals surface area contributed by atoms with Crippen LogP contribution < -0.4 is 10.6 Å². The van der Waals surface area contributed by atoms with Gasteiger partial charge in [-0.1, -0.05) is 30.3 Å². The van der Waals surface area contributed by atoms with Crippen molar-refractivity contribution in [3.63, 3.8) is 0 Å². The highest BCUT2D eigenvalue weighted by molar-refractivity contribution is 6.02. The van der Waals surface area contributed by atoms with Crippen molar-refractivity contribution in [3.05, 3.63) is 83.3 Å². The van der Waals surface area contributed by atoms with E-state index in [1.165, 1.54) is 23.5 Å². The van der Waals surface area contributed by atoms with Gasteiger partial charge in [-0.3, -0.25) is 4.79 Å². The van der Waals surface area contributed by atoms with E-state index in [0.29, 0.717) is 23.6 Å². The van der Waals surface area contributed by atoms with Crippen molar-refractivity contribution in [3.8, 4) is 6.07 Å². The number of benzene rings is 2.